The van der Waals surface area contributed by atoms with Gasteiger partial charge in [-0.2, -0.15) is 0 Å². The van der Waals surface area contributed by atoms with Gasteiger partial charge in [0.05, 0.1) is 12.1 Å². The van der Waals surface area contributed by atoms with E-state index in [4.69, 9.17) is 5.73 Å². The molecular weight excluding hydrogens is 250 g/mol. The van der Waals surface area contributed by atoms with E-state index in [0.717, 1.165) is 36.4 Å². The van der Waals surface area contributed by atoms with Crippen LogP contribution in [0.3, 0.4) is 0 Å². The fraction of sp³-hybridized carbons (Fsp3) is 0.467. The molecule has 1 saturated heterocycles. The number of fused-ring (bicyclic) bond motifs is 1. The van der Waals surface area contributed by atoms with Gasteiger partial charge in [-0.1, -0.05) is 12.1 Å². The Morgan fingerprint density at radius 1 is 1.20 bits per heavy atom. The van der Waals surface area contributed by atoms with E-state index in [1.54, 1.807) is 0 Å². The number of nitrogens with two attached hydrogens (primary N) is 1. The highest BCUT2D eigenvalue weighted by Crippen LogP contribution is 2.19. The van der Waals surface area contributed by atoms with Crippen LogP contribution in [0, 0.1) is 0 Å². The van der Waals surface area contributed by atoms with Crippen molar-refractivity contribution < 1.29 is 0 Å². The average Bonchev–Trinajstić information content (AvgIpc) is 2.43. The number of para-hydroxylation sites is 1. The van der Waals surface area contributed by atoms with Crippen molar-refractivity contribution in [2.24, 2.45) is 0 Å². The van der Waals surface area contributed by atoms with Crippen LogP contribution >= 0.6 is 0 Å². The van der Waals surface area contributed by atoms with Crippen molar-refractivity contribution in [2.45, 2.75) is 32.5 Å². The lowest BCUT2D eigenvalue weighted by Crippen LogP contribution is -2.54. The highest BCUT2D eigenvalue weighted by Gasteiger charge is 2.25. The first-order chi connectivity index (χ1) is 9.65. The Morgan fingerprint density at radius 3 is 2.65 bits per heavy atom. The number of nitrogens with zero attached hydrogens (tertiary/aromatic N) is 3. The average molecular weight is 271 g/mol. The number of hydrogen-bond acceptors (Lipinski definition) is 5. The second-order valence-electron chi connectivity index (χ2n) is 5.57. The van der Waals surface area contributed by atoms with Gasteiger partial charge in [0.1, 0.15) is 11.6 Å². The first-order valence-corrected chi connectivity index (χ1v) is 7.12. The van der Waals surface area contributed by atoms with Crippen LogP contribution in [-0.4, -0.2) is 40.0 Å². The van der Waals surface area contributed by atoms with E-state index in [2.05, 4.69) is 34.0 Å². The Kier molecular flexibility index (Phi) is 3.54. The Bertz CT molecular complexity index is 602. The summed E-state index contributed by atoms with van der Waals surface area (Å²) >= 11 is 0. The molecule has 0 saturated carbocycles. The molecule has 0 amide bonds. The van der Waals surface area contributed by atoms with Gasteiger partial charge in [-0.15, -0.1) is 0 Å². The molecule has 20 heavy (non-hydrogen) atoms. The molecule has 0 radical (unpaired) electrons. The molecule has 106 valence electrons. The summed E-state index contributed by atoms with van der Waals surface area (Å²) in [6, 6.07) is 8.85. The smallest absolute Gasteiger partial charge is 0.145 e. The standard InChI is InChI=1S/C15H21N5/c1-10-7-17-8-11(2)20(10)9-14-18-13-6-4-3-5-12(13)15(16)19-14/h3-6,10-11,17H,7-9H2,1-2H3,(H2,16,18,19). The Balaban J connectivity index is 1.90. The number of rotatable bonds is 2. The zero-order valence-electron chi connectivity index (χ0n) is 12.0. The quantitative estimate of drug-likeness (QED) is 0.864. The van der Waals surface area contributed by atoms with Crippen LogP contribution in [0.15, 0.2) is 24.3 Å². The number of nitrogen functional groups attached to an aromatic ring is 1. The summed E-state index contributed by atoms with van der Waals surface area (Å²) in [7, 11) is 0. The van der Waals surface area contributed by atoms with E-state index in [9.17, 15) is 0 Å². The molecular formula is C15H21N5. The van der Waals surface area contributed by atoms with Crippen molar-refractivity contribution in [3.05, 3.63) is 30.1 Å². The van der Waals surface area contributed by atoms with Gasteiger partial charge in [0, 0.05) is 30.6 Å². The van der Waals surface area contributed by atoms with Gasteiger partial charge < -0.3 is 11.1 Å². The molecule has 2 unspecified atom stereocenters. The van der Waals surface area contributed by atoms with E-state index in [1.807, 2.05) is 24.3 Å². The fourth-order valence-corrected chi connectivity index (χ4v) is 2.87. The molecule has 1 aliphatic heterocycles. The van der Waals surface area contributed by atoms with Crippen molar-refractivity contribution in [2.75, 3.05) is 18.8 Å². The van der Waals surface area contributed by atoms with Crippen molar-refractivity contribution >= 4 is 16.7 Å². The summed E-state index contributed by atoms with van der Waals surface area (Å²) in [4.78, 5) is 11.5. The summed E-state index contributed by atoms with van der Waals surface area (Å²) in [5.74, 6) is 1.38. The van der Waals surface area contributed by atoms with Crippen molar-refractivity contribution in [1.29, 1.82) is 0 Å². The van der Waals surface area contributed by atoms with Crippen LogP contribution in [0.4, 0.5) is 5.82 Å². The Morgan fingerprint density at radius 2 is 1.90 bits per heavy atom. The molecule has 1 aliphatic rings. The second kappa shape index (κ2) is 5.34. The van der Waals surface area contributed by atoms with Gasteiger partial charge in [0.15, 0.2) is 0 Å². The van der Waals surface area contributed by atoms with E-state index in [0.29, 0.717) is 17.9 Å². The van der Waals surface area contributed by atoms with Gasteiger partial charge in [0.25, 0.3) is 0 Å². The lowest BCUT2D eigenvalue weighted by molar-refractivity contribution is 0.106. The summed E-state index contributed by atoms with van der Waals surface area (Å²) in [5.41, 5.74) is 6.97. The maximum absolute atomic E-state index is 6.05. The number of benzene rings is 1. The molecule has 1 aromatic carbocycles. The zero-order valence-corrected chi connectivity index (χ0v) is 12.0. The summed E-state index contributed by atoms with van der Waals surface area (Å²) < 4.78 is 0. The van der Waals surface area contributed by atoms with Crippen LogP contribution in [0.25, 0.3) is 10.9 Å². The van der Waals surface area contributed by atoms with Crippen molar-refractivity contribution in [1.82, 2.24) is 20.2 Å². The lowest BCUT2D eigenvalue weighted by atomic mass is 10.1. The first-order valence-electron chi connectivity index (χ1n) is 7.12. The highest BCUT2D eigenvalue weighted by atomic mass is 15.3. The van der Waals surface area contributed by atoms with Gasteiger partial charge in [0.2, 0.25) is 0 Å². The van der Waals surface area contributed by atoms with Crippen molar-refractivity contribution in [3.63, 3.8) is 0 Å². The van der Waals surface area contributed by atoms with Gasteiger partial charge in [-0.25, -0.2) is 9.97 Å². The third-order valence-electron chi connectivity index (χ3n) is 4.01. The predicted molar refractivity (Wildman–Crippen MR) is 81.3 cm³/mol. The van der Waals surface area contributed by atoms with Crippen LogP contribution in [0.5, 0.6) is 0 Å². The van der Waals surface area contributed by atoms with Gasteiger partial charge >= 0.3 is 0 Å². The third kappa shape index (κ3) is 2.46. The Hall–Kier alpha value is -1.72. The molecule has 0 spiro atoms. The van der Waals surface area contributed by atoms with Crippen LogP contribution < -0.4 is 11.1 Å². The first kappa shape index (κ1) is 13.3. The zero-order chi connectivity index (χ0) is 14.1. The minimum atomic E-state index is 0.482. The van der Waals surface area contributed by atoms with E-state index >= 15 is 0 Å². The number of anilines is 1. The number of piperazine rings is 1. The van der Waals surface area contributed by atoms with E-state index in [1.165, 1.54) is 0 Å². The lowest BCUT2D eigenvalue weighted by Gasteiger charge is -2.38. The van der Waals surface area contributed by atoms with E-state index in [-0.39, 0.29) is 0 Å². The van der Waals surface area contributed by atoms with Crippen LogP contribution in [-0.2, 0) is 6.54 Å². The molecule has 2 aromatic rings. The maximum Gasteiger partial charge on any atom is 0.145 e. The van der Waals surface area contributed by atoms with Gasteiger partial charge in [-0.05, 0) is 26.0 Å². The summed E-state index contributed by atoms with van der Waals surface area (Å²) in [6.07, 6.45) is 0. The molecule has 2 atom stereocenters. The van der Waals surface area contributed by atoms with Crippen LogP contribution in [0.1, 0.15) is 19.7 Å². The molecule has 1 fully saturated rings. The Labute approximate surface area is 119 Å². The molecule has 5 heteroatoms. The highest BCUT2D eigenvalue weighted by molar-refractivity contribution is 5.87. The van der Waals surface area contributed by atoms with Crippen molar-refractivity contribution in [3.8, 4) is 0 Å². The third-order valence-corrected chi connectivity index (χ3v) is 4.01. The molecule has 5 nitrogen and oxygen atoms in total. The number of hydrogen-bond donors (Lipinski definition) is 2. The maximum atomic E-state index is 6.05. The normalized spacial score (nSPS) is 24.1. The van der Waals surface area contributed by atoms with E-state index < -0.39 is 0 Å². The topological polar surface area (TPSA) is 67.1 Å². The molecule has 3 N–H and O–H groups in total. The monoisotopic (exact) mass is 271 g/mol. The molecule has 0 bridgehead atoms. The second-order valence-corrected chi connectivity index (χ2v) is 5.57. The molecule has 1 aromatic heterocycles. The van der Waals surface area contributed by atoms with Gasteiger partial charge in [-0.3, -0.25) is 4.90 Å². The van der Waals surface area contributed by atoms with Crippen LogP contribution in [0.2, 0.25) is 0 Å². The molecule has 0 aliphatic carbocycles. The number of nitrogens with one attached hydrogen (secondary N) is 1. The number of aromatic nitrogens is 2. The predicted octanol–water partition coefficient (Wildman–Crippen LogP) is 1.39. The fourth-order valence-electron chi connectivity index (χ4n) is 2.87. The molecule has 3 rings (SSSR count). The summed E-state index contributed by atoms with van der Waals surface area (Å²) in [5, 5.41) is 4.36. The minimum Gasteiger partial charge on any atom is -0.383 e. The molecule has 2 heterocycles. The largest absolute Gasteiger partial charge is 0.383 e. The SMILES string of the molecule is CC1CNCC(C)N1Cc1nc(N)c2ccccc2n1. The summed E-state index contributed by atoms with van der Waals surface area (Å²) in [6.45, 7) is 7.22. The minimum absolute atomic E-state index is 0.482.